The molecule has 0 radical (unpaired) electrons. The van der Waals surface area contributed by atoms with Crippen LogP contribution in [0.4, 0.5) is 0 Å². The van der Waals surface area contributed by atoms with Crippen molar-refractivity contribution < 1.29 is 19.8 Å². The lowest BCUT2D eigenvalue weighted by molar-refractivity contribution is -0.757. The fraction of sp³-hybridized carbons (Fsp3) is 0.833. The summed E-state index contributed by atoms with van der Waals surface area (Å²) in [4.78, 5) is 24.5. The first-order valence-electron chi connectivity index (χ1n) is 3.81. The first-order valence-corrected chi connectivity index (χ1v) is 3.81. The molecule has 0 heterocycles. The van der Waals surface area contributed by atoms with E-state index in [0.29, 0.717) is 0 Å². The molecule has 1 amide bonds. The van der Waals surface area contributed by atoms with Crippen LogP contribution in [0.2, 0.25) is 0 Å². The summed E-state index contributed by atoms with van der Waals surface area (Å²) in [5, 5.41) is 19.5. The summed E-state index contributed by atoms with van der Waals surface area (Å²) in [6, 6.07) is 0. The predicted molar refractivity (Wildman–Crippen MR) is 42.3 cm³/mol. The van der Waals surface area contributed by atoms with Crippen LogP contribution >= 0.6 is 0 Å². The van der Waals surface area contributed by atoms with Crippen molar-refractivity contribution in [1.82, 2.24) is 5.32 Å². The van der Waals surface area contributed by atoms with E-state index in [0.717, 1.165) is 0 Å². The van der Waals surface area contributed by atoms with E-state index in [2.05, 4.69) is 10.2 Å². The fourth-order valence-electron chi connectivity index (χ4n) is 0.656. The van der Waals surface area contributed by atoms with E-state index < -0.39 is 5.09 Å². The largest absolute Gasteiger partial charge is 0.395 e. The van der Waals surface area contributed by atoms with Crippen LogP contribution in [0.5, 0.6) is 0 Å². The molecule has 0 aromatic rings. The Bertz CT molecular complexity index is 172. The van der Waals surface area contributed by atoms with Crippen LogP contribution in [0.25, 0.3) is 0 Å². The number of nitrogens with one attached hydrogen (secondary N) is 1. The van der Waals surface area contributed by atoms with Crippen molar-refractivity contribution in [2.24, 2.45) is 0 Å². The van der Waals surface area contributed by atoms with Gasteiger partial charge in [-0.05, 0) is 6.42 Å². The number of hydrogen-bond acceptors (Lipinski definition) is 5. The van der Waals surface area contributed by atoms with Gasteiger partial charge in [-0.2, -0.15) is 0 Å². The Kier molecular flexibility index (Phi) is 6.52. The Morgan fingerprint density at radius 3 is 2.85 bits per heavy atom. The van der Waals surface area contributed by atoms with Gasteiger partial charge in [-0.1, -0.05) is 0 Å². The van der Waals surface area contributed by atoms with Crippen molar-refractivity contribution in [2.45, 2.75) is 12.8 Å². The third-order valence-corrected chi connectivity index (χ3v) is 1.18. The molecule has 0 saturated carbocycles. The fourth-order valence-corrected chi connectivity index (χ4v) is 0.656. The molecule has 0 aromatic heterocycles. The standard InChI is InChI=1S/C6H12N2O5/c9-4-3-7-6(10)2-1-5-13-8(11)12/h9H,1-5H2,(H,7,10). The van der Waals surface area contributed by atoms with Crippen LogP contribution in [0.15, 0.2) is 0 Å². The molecule has 0 aromatic carbocycles. The summed E-state index contributed by atoms with van der Waals surface area (Å²) in [7, 11) is 0. The number of nitrogens with zero attached hydrogens (tertiary/aromatic N) is 1. The number of hydrogen-bond donors (Lipinski definition) is 2. The zero-order valence-electron chi connectivity index (χ0n) is 7.06. The average Bonchev–Trinajstić information content (AvgIpc) is 2.08. The molecule has 0 aliphatic rings. The highest BCUT2D eigenvalue weighted by atomic mass is 16.9. The molecule has 2 N–H and O–H groups in total. The van der Waals surface area contributed by atoms with Crippen LogP contribution in [0, 0.1) is 10.1 Å². The van der Waals surface area contributed by atoms with Crippen LogP contribution < -0.4 is 5.32 Å². The van der Waals surface area contributed by atoms with Crippen molar-refractivity contribution in [2.75, 3.05) is 19.8 Å². The maximum atomic E-state index is 10.8. The van der Waals surface area contributed by atoms with Crippen molar-refractivity contribution >= 4 is 5.91 Å². The van der Waals surface area contributed by atoms with Crippen LogP contribution in [-0.2, 0) is 9.63 Å². The summed E-state index contributed by atoms with van der Waals surface area (Å²) < 4.78 is 0. The van der Waals surface area contributed by atoms with Gasteiger partial charge in [-0.3, -0.25) is 4.79 Å². The van der Waals surface area contributed by atoms with E-state index >= 15 is 0 Å². The highest BCUT2D eigenvalue weighted by molar-refractivity contribution is 5.75. The Balaban J connectivity index is 3.22. The molecular weight excluding hydrogens is 180 g/mol. The minimum atomic E-state index is -0.897. The van der Waals surface area contributed by atoms with E-state index in [9.17, 15) is 14.9 Å². The predicted octanol–water partition coefficient (Wildman–Crippen LogP) is -0.917. The molecule has 13 heavy (non-hydrogen) atoms. The van der Waals surface area contributed by atoms with Gasteiger partial charge in [0.2, 0.25) is 5.91 Å². The molecule has 0 aliphatic carbocycles. The van der Waals surface area contributed by atoms with Gasteiger partial charge in [0.1, 0.15) is 0 Å². The average molecular weight is 192 g/mol. The van der Waals surface area contributed by atoms with Crippen LogP contribution in [-0.4, -0.2) is 35.9 Å². The molecule has 0 unspecified atom stereocenters. The van der Waals surface area contributed by atoms with E-state index in [1.54, 1.807) is 0 Å². The molecule has 0 fully saturated rings. The molecule has 7 heteroatoms. The molecule has 0 aliphatic heterocycles. The van der Waals surface area contributed by atoms with E-state index in [-0.39, 0.29) is 38.5 Å². The number of aliphatic hydroxyl groups is 1. The second kappa shape index (κ2) is 7.29. The first-order chi connectivity index (χ1) is 6.16. The lowest BCUT2D eigenvalue weighted by atomic mass is 10.3. The third-order valence-electron chi connectivity index (χ3n) is 1.18. The Morgan fingerprint density at radius 2 is 2.31 bits per heavy atom. The highest BCUT2D eigenvalue weighted by Crippen LogP contribution is 1.89. The molecule has 76 valence electrons. The van der Waals surface area contributed by atoms with Gasteiger partial charge in [0.25, 0.3) is 5.09 Å². The maximum Gasteiger partial charge on any atom is 0.294 e. The minimum Gasteiger partial charge on any atom is -0.395 e. The molecule has 0 spiro atoms. The van der Waals surface area contributed by atoms with Crippen molar-refractivity contribution in [3.63, 3.8) is 0 Å². The summed E-state index contributed by atoms with van der Waals surface area (Å²) in [5.74, 6) is -0.249. The number of carbonyl (C=O) groups is 1. The van der Waals surface area contributed by atoms with Gasteiger partial charge in [0, 0.05) is 13.0 Å². The monoisotopic (exact) mass is 192 g/mol. The number of amides is 1. The summed E-state index contributed by atoms with van der Waals surface area (Å²) in [6.07, 6.45) is 0.450. The van der Waals surface area contributed by atoms with Gasteiger partial charge in [-0.25, -0.2) is 0 Å². The van der Waals surface area contributed by atoms with Crippen LogP contribution in [0.1, 0.15) is 12.8 Å². The third kappa shape index (κ3) is 8.54. The smallest absolute Gasteiger partial charge is 0.294 e. The van der Waals surface area contributed by atoms with Gasteiger partial charge in [-0.15, -0.1) is 10.1 Å². The Morgan fingerprint density at radius 1 is 1.62 bits per heavy atom. The summed E-state index contributed by atoms with van der Waals surface area (Å²) >= 11 is 0. The number of carbonyl (C=O) groups excluding carboxylic acids is 1. The SMILES string of the molecule is O=C(CCCO[N+](=O)[O-])NCCO. The molecule has 0 saturated heterocycles. The van der Waals surface area contributed by atoms with Gasteiger partial charge < -0.3 is 15.3 Å². The second-order valence-electron chi connectivity index (χ2n) is 2.23. The van der Waals surface area contributed by atoms with Gasteiger partial charge >= 0.3 is 0 Å². The van der Waals surface area contributed by atoms with E-state index in [4.69, 9.17) is 5.11 Å². The minimum absolute atomic E-state index is 0.0838. The number of aliphatic hydroxyl groups excluding tert-OH is 1. The molecule has 0 rings (SSSR count). The number of rotatable bonds is 7. The quantitative estimate of drug-likeness (QED) is 0.308. The van der Waals surface area contributed by atoms with Crippen molar-refractivity contribution in [3.05, 3.63) is 10.1 Å². The Labute approximate surface area is 74.8 Å². The summed E-state index contributed by atoms with van der Waals surface area (Å²) in [5.41, 5.74) is 0. The topological polar surface area (TPSA) is 102 Å². The lowest BCUT2D eigenvalue weighted by Gasteiger charge is -2.01. The van der Waals surface area contributed by atoms with E-state index in [1.807, 2.05) is 0 Å². The van der Waals surface area contributed by atoms with Gasteiger partial charge in [0.05, 0.1) is 13.2 Å². The Hall–Kier alpha value is -1.37. The zero-order chi connectivity index (χ0) is 10.1. The zero-order valence-corrected chi connectivity index (χ0v) is 7.06. The molecule has 0 atom stereocenters. The van der Waals surface area contributed by atoms with Crippen molar-refractivity contribution in [1.29, 1.82) is 0 Å². The van der Waals surface area contributed by atoms with Gasteiger partial charge in [0.15, 0.2) is 0 Å². The lowest BCUT2D eigenvalue weighted by Crippen LogP contribution is -2.26. The van der Waals surface area contributed by atoms with E-state index in [1.165, 1.54) is 0 Å². The first kappa shape index (κ1) is 11.6. The molecular formula is C6H12N2O5. The molecule has 0 bridgehead atoms. The normalized spacial score (nSPS) is 9.31. The summed E-state index contributed by atoms with van der Waals surface area (Å²) in [6.45, 7) is 0.00556. The highest BCUT2D eigenvalue weighted by Gasteiger charge is 2.00. The maximum absolute atomic E-state index is 10.8. The second-order valence-corrected chi connectivity index (χ2v) is 2.23. The van der Waals surface area contributed by atoms with Crippen molar-refractivity contribution in [3.8, 4) is 0 Å². The van der Waals surface area contributed by atoms with Crippen LogP contribution in [0.3, 0.4) is 0 Å². The molecule has 7 nitrogen and oxygen atoms in total.